The van der Waals surface area contributed by atoms with Crippen molar-refractivity contribution in [3.05, 3.63) is 47.4 Å². The van der Waals surface area contributed by atoms with Gasteiger partial charge in [0.25, 0.3) is 5.91 Å². The lowest BCUT2D eigenvalue weighted by atomic mass is 10.2. The van der Waals surface area contributed by atoms with Gasteiger partial charge in [0.05, 0.1) is 13.7 Å². The van der Waals surface area contributed by atoms with E-state index in [-0.39, 0.29) is 12.5 Å². The fourth-order valence-corrected chi connectivity index (χ4v) is 2.04. The third-order valence-corrected chi connectivity index (χ3v) is 3.29. The van der Waals surface area contributed by atoms with Crippen LogP contribution < -0.4 is 9.47 Å². The zero-order chi connectivity index (χ0) is 16.1. The summed E-state index contributed by atoms with van der Waals surface area (Å²) in [5.41, 5.74) is 1.07. The van der Waals surface area contributed by atoms with Crippen LogP contribution in [0.2, 0.25) is 0 Å². The van der Waals surface area contributed by atoms with E-state index >= 15 is 0 Å². The van der Waals surface area contributed by atoms with E-state index in [9.17, 15) is 4.79 Å². The van der Waals surface area contributed by atoms with Crippen molar-refractivity contribution in [3.8, 4) is 11.5 Å². The second-order valence-corrected chi connectivity index (χ2v) is 5.21. The zero-order valence-corrected chi connectivity index (χ0v) is 13.4. The number of carbonyl (C=O) groups excluding carboxylic acids is 1. The molecule has 1 heterocycles. The number of aryl methyl sites for hydroxylation is 2. The normalized spacial score (nSPS) is 10.4. The van der Waals surface area contributed by atoms with Crippen molar-refractivity contribution < 1.29 is 18.7 Å². The van der Waals surface area contributed by atoms with Crippen LogP contribution in [0.3, 0.4) is 0 Å². The summed E-state index contributed by atoms with van der Waals surface area (Å²) in [4.78, 5) is 13.7. The van der Waals surface area contributed by atoms with Crippen LogP contribution in [0.1, 0.15) is 17.1 Å². The van der Waals surface area contributed by atoms with Gasteiger partial charge in [-0.05, 0) is 43.7 Å². The molecule has 0 aliphatic rings. The Morgan fingerprint density at radius 2 is 1.95 bits per heavy atom. The fourth-order valence-electron chi connectivity index (χ4n) is 2.04. The monoisotopic (exact) mass is 303 g/mol. The molecule has 0 radical (unpaired) electrons. The molecule has 0 spiro atoms. The van der Waals surface area contributed by atoms with Crippen molar-refractivity contribution in [2.45, 2.75) is 20.4 Å². The van der Waals surface area contributed by atoms with Crippen LogP contribution in [0.5, 0.6) is 11.5 Å². The van der Waals surface area contributed by atoms with Crippen LogP contribution in [0.25, 0.3) is 0 Å². The first-order valence-corrected chi connectivity index (χ1v) is 7.06. The summed E-state index contributed by atoms with van der Waals surface area (Å²) in [5.74, 6) is 2.63. The highest BCUT2D eigenvalue weighted by molar-refractivity contribution is 5.77. The van der Waals surface area contributed by atoms with E-state index in [2.05, 4.69) is 0 Å². The number of furan rings is 1. The molecular weight excluding hydrogens is 282 g/mol. The maximum absolute atomic E-state index is 12.1. The minimum absolute atomic E-state index is 0.0460. The minimum Gasteiger partial charge on any atom is -0.493 e. The molecule has 0 atom stereocenters. The summed E-state index contributed by atoms with van der Waals surface area (Å²) < 4.78 is 16.3. The van der Waals surface area contributed by atoms with Crippen molar-refractivity contribution >= 4 is 5.91 Å². The lowest BCUT2D eigenvalue weighted by Gasteiger charge is -2.17. The second-order valence-electron chi connectivity index (χ2n) is 5.21. The molecule has 0 N–H and O–H groups in total. The van der Waals surface area contributed by atoms with E-state index in [1.54, 1.807) is 25.1 Å². The van der Waals surface area contributed by atoms with E-state index in [1.807, 2.05) is 38.1 Å². The molecule has 1 amide bonds. The number of amides is 1. The summed E-state index contributed by atoms with van der Waals surface area (Å²) in [6.45, 7) is 4.21. The van der Waals surface area contributed by atoms with Gasteiger partial charge in [-0.15, -0.1) is 0 Å². The molecule has 5 nitrogen and oxygen atoms in total. The molecule has 2 aromatic rings. The van der Waals surface area contributed by atoms with Crippen molar-refractivity contribution in [3.63, 3.8) is 0 Å². The lowest BCUT2D eigenvalue weighted by Crippen LogP contribution is -2.30. The van der Waals surface area contributed by atoms with E-state index in [0.29, 0.717) is 18.0 Å². The number of likely N-dealkylation sites (N-methyl/N-ethyl adjacent to an activating group) is 1. The van der Waals surface area contributed by atoms with Gasteiger partial charge in [-0.1, -0.05) is 6.07 Å². The highest BCUT2D eigenvalue weighted by Gasteiger charge is 2.13. The molecule has 0 unspecified atom stereocenters. The number of rotatable bonds is 6. The quantitative estimate of drug-likeness (QED) is 0.823. The molecule has 0 saturated heterocycles. The third kappa shape index (κ3) is 4.04. The van der Waals surface area contributed by atoms with Crippen molar-refractivity contribution in [2.24, 2.45) is 0 Å². The minimum atomic E-state index is -0.128. The number of benzene rings is 1. The molecule has 0 bridgehead atoms. The van der Waals surface area contributed by atoms with Crippen molar-refractivity contribution in [1.82, 2.24) is 4.90 Å². The standard InChI is InChI=1S/C17H21NO4/c1-12-5-8-15(16(9-12)20-4)21-11-17(19)18(3)10-14-7-6-13(2)22-14/h5-9H,10-11H2,1-4H3. The zero-order valence-electron chi connectivity index (χ0n) is 13.4. The number of ether oxygens (including phenoxy) is 2. The Morgan fingerprint density at radius 3 is 2.59 bits per heavy atom. The second kappa shape index (κ2) is 7.02. The van der Waals surface area contributed by atoms with Gasteiger partial charge in [0.15, 0.2) is 18.1 Å². The van der Waals surface area contributed by atoms with Gasteiger partial charge in [0, 0.05) is 7.05 Å². The Kier molecular flexibility index (Phi) is 5.09. The van der Waals surface area contributed by atoms with Gasteiger partial charge >= 0.3 is 0 Å². The molecule has 118 valence electrons. The van der Waals surface area contributed by atoms with E-state index in [0.717, 1.165) is 17.1 Å². The van der Waals surface area contributed by atoms with Crippen molar-refractivity contribution in [1.29, 1.82) is 0 Å². The molecule has 0 aliphatic carbocycles. The molecule has 22 heavy (non-hydrogen) atoms. The van der Waals surface area contributed by atoms with Crippen molar-refractivity contribution in [2.75, 3.05) is 20.8 Å². The smallest absolute Gasteiger partial charge is 0.260 e. The first-order valence-electron chi connectivity index (χ1n) is 7.06. The van der Waals surface area contributed by atoms with Gasteiger partial charge < -0.3 is 18.8 Å². The van der Waals surface area contributed by atoms with Crippen LogP contribution in [-0.4, -0.2) is 31.6 Å². The predicted octanol–water partition coefficient (Wildman–Crippen LogP) is 2.94. The highest BCUT2D eigenvalue weighted by Crippen LogP contribution is 2.27. The average molecular weight is 303 g/mol. The Hall–Kier alpha value is -2.43. The Balaban J connectivity index is 1.92. The fraction of sp³-hybridized carbons (Fsp3) is 0.353. The first kappa shape index (κ1) is 15.9. The molecule has 5 heteroatoms. The average Bonchev–Trinajstić information content (AvgIpc) is 2.90. The molecule has 1 aromatic heterocycles. The summed E-state index contributed by atoms with van der Waals surface area (Å²) >= 11 is 0. The lowest BCUT2D eigenvalue weighted by molar-refractivity contribution is -0.132. The number of hydrogen-bond acceptors (Lipinski definition) is 4. The third-order valence-electron chi connectivity index (χ3n) is 3.29. The summed E-state index contributed by atoms with van der Waals surface area (Å²) in [6, 6.07) is 9.33. The maximum Gasteiger partial charge on any atom is 0.260 e. The molecule has 0 aliphatic heterocycles. The van der Waals surface area contributed by atoms with Gasteiger partial charge in [-0.3, -0.25) is 4.79 Å². The number of methoxy groups -OCH3 is 1. The largest absolute Gasteiger partial charge is 0.493 e. The van der Waals surface area contributed by atoms with Crippen LogP contribution in [0.4, 0.5) is 0 Å². The van der Waals surface area contributed by atoms with E-state index in [1.165, 1.54) is 0 Å². The highest BCUT2D eigenvalue weighted by atomic mass is 16.5. The first-order chi connectivity index (χ1) is 10.5. The van der Waals surface area contributed by atoms with Crippen LogP contribution >= 0.6 is 0 Å². The Bertz CT molecular complexity index is 648. The van der Waals surface area contributed by atoms with Gasteiger partial charge in [0.1, 0.15) is 11.5 Å². The van der Waals surface area contributed by atoms with E-state index < -0.39 is 0 Å². The SMILES string of the molecule is COc1cc(C)ccc1OCC(=O)N(C)Cc1ccc(C)o1. The number of nitrogens with zero attached hydrogens (tertiary/aromatic N) is 1. The number of hydrogen-bond donors (Lipinski definition) is 0. The maximum atomic E-state index is 12.1. The number of carbonyl (C=O) groups is 1. The summed E-state index contributed by atoms with van der Waals surface area (Å²) in [7, 11) is 3.30. The summed E-state index contributed by atoms with van der Waals surface area (Å²) in [5, 5.41) is 0. The molecule has 0 saturated carbocycles. The Morgan fingerprint density at radius 1 is 1.18 bits per heavy atom. The van der Waals surface area contributed by atoms with E-state index in [4.69, 9.17) is 13.9 Å². The molecule has 0 fully saturated rings. The van der Waals surface area contributed by atoms with Crippen LogP contribution in [0.15, 0.2) is 34.7 Å². The topological polar surface area (TPSA) is 51.9 Å². The molecule has 2 rings (SSSR count). The van der Waals surface area contributed by atoms with Gasteiger partial charge in [-0.25, -0.2) is 0 Å². The molecule has 1 aromatic carbocycles. The molecular formula is C17H21NO4. The van der Waals surface area contributed by atoms with Gasteiger partial charge in [-0.2, -0.15) is 0 Å². The summed E-state index contributed by atoms with van der Waals surface area (Å²) in [6.07, 6.45) is 0. The van der Waals surface area contributed by atoms with Crippen LogP contribution in [-0.2, 0) is 11.3 Å². The Labute approximate surface area is 130 Å². The predicted molar refractivity (Wildman–Crippen MR) is 83.1 cm³/mol. The van der Waals surface area contributed by atoms with Gasteiger partial charge in [0.2, 0.25) is 0 Å². The van der Waals surface area contributed by atoms with Crippen LogP contribution in [0, 0.1) is 13.8 Å².